The number of epoxide rings is 1. The van der Waals surface area contributed by atoms with Crippen LogP contribution in [-0.4, -0.2) is 33.6 Å². The van der Waals surface area contributed by atoms with E-state index in [9.17, 15) is 10.2 Å². The SMILES string of the molecule is C#C[C@]1(O)CC[C@@H]2[C@@H]3C[C@@H]4O[C@@]45C[C@H](O)CC[C@@]5(C)[C@H]3CC[C@]21C. The molecule has 5 rings (SSSR count). The Bertz CT molecular complexity index is 625. The van der Waals surface area contributed by atoms with Crippen LogP contribution in [0.5, 0.6) is 0 Å². The smallest absolute Gasteiger partial charge is 0.130 e. The molecule has 0 bridgehead atoms. The number of aliphatic hydroxyl groups excluding tert-OH is 1. The Balaban J connectivity index is 1.52. The molecular formula is C21H30O3. The summed E-state index contributed by atoms with van der Waals surface area (Å²) in [5.74, 6) is 4.55. The molecule has 5 fully saturated rings. The molecule has 1 heterocycles. The summed E-state index contributed by atoms with van der Waals surface area (Å²) in [7, 11) is 0. The summed E-state index contributed by atoms with van der Waals surface area (Å²) < 4.78 is 6.33. The van der Waals surface area contributed by atoms with Crippen molar-refractivity contribution in [3.8, 4) is 12.3 Å². The third-order valence-corrected chi connectivity index (χ3v) is 9.45. The molecule has 2 N–H and O–H groups in total. The maximum atomic E-state index is 11.1. The Labute approximate surface area is 145 Å². The molecule has 4 saturated carbocycles. The third kappa shape index (κ3) is 1.53. The second-order valence-corrected chi connectivity index (χ2v) is 9.92. The van der Waals surface area contributed by atoms with Crippen LogP contribution >= 0.6 is 0 Å². The molecule has 1 saturated heterocycles. The first-order valence-electron chi connectivity index (χ1n) is 9.86. The van der Waals surface area contributed by atoms with Crippen LogP contribution in [0.1, 0.15) is 65.2 Å². The number of aliphatic hydroxyl groups is 2. The zero-order valence-electron chi connectivity index (χ0n) is 14.9. The lowest BCUT2D eigenvalue weighted by atomic mass is 9.44. The van der Waals surface area contributed by atoms with Crippen molar-refractivity contribution in [2.75, 3.05) is 0 Å². The van der Waals surface area contributed by atoms with E-state index in [1.807, 2.05) is 0 Å². The summed E-state index contributed by atoms with van der Waals surface area (Å²) in [5, 5.41) is 21.3. The standard InChI is InChI=1S/C21H30O3/c1-4-20(23)10-7-15-14-11-17-21(24-17)12-13(22)5-8-19(21,3)16(14)6-9-18(15,20)2/h1,13-17,22-23H,5-12H2,2-3H3/t13-,14+,15-,16+,17+,18-,19+,20+,21+/m1/s1. The largest absolute Gasteiger partial charge is 0.393 e. The lowest BCUT2D eigenvalue weighted by molar-refractivity contribution is -0.133. The van der Waals surface area contributed by atoms with Gasteiger partial charge in [0, 0.05) is 17.3 Å². The number of ether oxygens (including phenoxy) is 1. The van der Waals surface area contributed by atoms with E-state index >= 15 is 0 Å². The van der Waals surface area contributed by atoms with E-state index in [0.717, 1.165) is 51.4 Å². The van der Waals surface area contributed by atoms with Gasteiger partial charge in [-0.15, -0.1) is 6.42 Å². The molecule has 1 spiro atoms. The van der Waals surface area contributed by atoms with E-state index < -0.39 is 5.60 Å². The van der Waals surface area contributed by atoms with Gasteiger partial charge < -0.3 is 14.9 Å². The first-order chi connectivity index (χ1) is 11.3. The van der Waals surface area contributed by atoms with Crippen LogP contribution in [0.4, 0.5) is 0 Å². The van der Waals surface area contributed by atoms with Crippen LogP contribution in [-0.2, 0) is 4.74 Å². The van der Waals surface area contributed by atoms with Crippen molar-refractivity contribution < 1.29 is 14.9 Å². The molecule has 0 aromatic rings. The van der Waals surface area contributed by atoms with Gasteiger partial charge in [0.2, 0.25) is 0 Å². The summed E-state index contributed by atoms with van der Waals surface area (Å²) in [4.78, 5) is 0. The fourth-order valence-electron chi connectivity index (χ4n) is 7.91. The molecule has 0 aromatic carbocycles. The highest BCUT2D eigenvalue weighted by atomic mass is 16.6. The zero-order valence-corrected chi connectivity index (χ0v) is 14.9. The van der Waals surface area contributed by atoms with Crippen LogP contribution in [0.3, 0.4) is 0 Å². The molecule has 1 aliphatic heterocycles. The highest BCUT2D eigenvalue weighted by Gasteiger charge is 2.76. The summed E-state index contributed by atoms with van der Waals surface area (Å²) in [6, 6.07) is 0. The van der Waals surface area contributed by atoms with Crippen LogP contribution in [0.25, 0.3) is 0 Å². The highest BCUT2D eigenvalue weighted by molar-refractivity contribution is 5.28. The molecule has 132 valence electrons. The molecule has 9 atom stereocenters. The maximum Gasteiger partial charge on any atom is 0.130 e. The van der Waals surface area contributed by atoms with Gasteiger partial charge in [-0.25, -0.2) is 0 Å². The van der Waals surface area contributed by atoms with Crippen LogP contribution < -0.4 is 0 Å². The van der Waals surface area contributed by atoms with Crippen molar-refractivity contribution in [2.45, 2.75) is 88.6 Å². The Hall–Kier alpha value is -0.560. The molecule has 3 nitrogen and oxygen atoms in total. The van der Waals surface area contributed by atoms with E-state index in [0.29, 0.717) is 23.9 Å². The van der Waals surface area contributed by atoms with E-state index in [4.69, 9.17) is 11.2 Å². The van der Waals surface area contributed by atoms with Gasteiger partial charge in [0.05, 0.1) is 12.2 Å². The Kier molecular flexibility index (Phi) is 2.87. The normalized spacial score (nSPS) is 64.2. The van der Waals surface area contributed by atoms with Crippen LogP contribution in [0, 0.1) is 40.9 Å². The van der Waals surface area contributed by atoms with Crippen molar-refractivity contribution in [1.29, 1.82) is 0 Å². The molecule has 0 radical (unpaired) electrons. The van der Waals surface area contributed by atoms with Gasteiger partial charge in [-0.2, -0.15) is 0 Å². The quantitative estimate of drug-likeness (QED) is 0.530. The minimum Gasteiger partial charge on any atom is -0.393 e. The zero-order chi connectivity index (χ0) is 17.0. The number of hydrogen-bond donors (Lipinski definition) is 2. The number of hydrogen-bond acceptors (Lipinski definition) is 3. The number of terminal acetylenes is 1. The second kappa shape index (κ2) is 4.40. The molecule has 0 amide bonds. The minimum atomic E-state index is -0.925. The van der Waals surface area contributed by atoms with Crippen molar-refractivity contribution in [1.82, 2.24) is 0 Å². The predicted molar refractivity (Wildman–Crippen MR) is 91.0 cm³/mol. The second-order valence-electron chi connectivity index (χ2n) is 9.92. The van der Waals surface area contributed by atoms with Crippen molar-refractivity contribution in [2.24, 2.45) is 28.6 Å². The third-order valence-electron chi connectivity index (χ3n) is 9.45. The van der Waals surface area contributed by atoms with Gasteiger partial charge in [-0.1, -0.05) is 19.8 Å². The van der Waals surface area contributed by atoms with Gasteiger partial charge in [-0.3, -0.25) is 0 Å². The summed E-state index contributed by atoms with van der Waals surface area (Å²) in [6.45, 7) is 4.67. The van der Waals surface area contributed by atoms with E-state index in [2.05, 4.69) is 19.8 Å². The van der Waals surface area contributed by atoms with Crippen molar-refractivity contribution >= 4 is 0 Å². The summed E-state index contributed by atoms with van der Waals surface area (Å²) in [6.07, 6.45) is 13.8. The van der Waals surface area contributed by atoms with Crippen LogP contribution in [0.15, 0.2) is 0 Å². The lowest BCUT2D eigenvalue weighted by Crippen LogP contribution is -2.60. The van der Waals surface area contributed by atoms with Gasteiger partial charge in [0.15, 0.2) is 0 Å². The van der Waals surface area contributed by atoms with Gasteiger partial charge >= 0.3 is 0 Å². The van der Waals surface area contributed by atoms with E-state index in [1.165, 1.54) is 0 Å². The highest BCUT2D eigenvalue weighted by Crippen LogP contribution is 2.74. The van der Waals surface area contributed by atoms with E-state index in [1.54, 1.807) is 0 Å². The fraction of sp³-hybridized carbons (Fsp3) is 0.905. The average molecular weight is 330 g/mol. The molecule has 24 heavy (non-hydrogen) atoms. The first kappa shape index (κ1) is 15.7. The molecule has 5 aliphatic rings. The Morgan fingerprint density at radius 2 is 1.71 bits per heavy atom. The summed E-state index contributed by atoms with van der Waals surface area (Å²) >= 11 is 0. The van der Waals surface area contributed by atoms with Crippen molar-refractivity contribution in [3.63, 3.8) is 0 Å². The topological polar surface area (TPSA) is 53.0 Å². The predicted octanol–water partition coefficient (Wildman–Crippen LogP) is 2.89. The molecule has 0 aromatic heterocycles. The minimum absolute atomic E-state index is 0.0550. The van der Waals surface area contributed by atoms with Crippen LogP contribution in [0.2, 0.25) is 0 Å². The number of rotatable bonds is 0. The lowest BCUT2D eigenvalue weighted by Gasteiger charge is -2.59. The Morgan fingerprint density at radius 1 is 1.04 bits per heavy atom. The summed E-state index contributed by atoms with van der Waals surface area (Å²) in [5.41, 5.74) is -0.924. The number of fused-ring (bicyclic) bond motifs is 4. The van der Waals surface area contributed by atoms with Crippen molar-refractivity contribution in [3.05, 3.63) is 0 Å². The fourth-order valence-corrected chi connectivity index (χ4v) is 7.91. The molecule has 4 aliphatic carbocycles. The molecular weight excluding hydrogens is 300 g/mol. The molecule has 3 heteroatoms. The molecule has 0 unspecified atom stereocenters. The first-order valence-corrected chi connectivity index (χ1v) is 9.86. The Morgan fingerprint density at radius 3 is 2.46 bits per heavy atom. The average Bonchev–Trinajstić information content (AvgIpc) is 3.17. The van der Waals surface area contributed by atoms with E-state index in [-0.39, 0.29) is 22.5 Å². The maximum absolute atomic E-state index is 11.1. The van der Waals surface area contributed by atoms with Gasteiger partial charge in [0.25, 0.3) is 0 Å². The van der Waals surface area contributed by atoms with Gasteiger partial charge in [0.1, 0.15) is 11.2 Å². The van der Waals surface area contributed by atoms with Gasteiger partial charge in [-0.05, 0) is 62.7 Å². The monoisotopic (exact) mass is 330 g/mol.